The average Bonchev–Trinajstić information content (AvgIpc) is 3.15. The maximum atomic E-state index is 12.3. The van der Waals surface area contributed by atoms with Gasteiger partial charge in [-0.1, -0.05) is 11.3 Å². The number of rotatable bonds is 3. The topological polar surface area (TPSA) is 86.4 Å². The highest BCUT2D eigenvalue weighted by atomic mass is 32.1. The van der Waals surface area contributed by atoms with Crippen molar-refractivity contribution in [3.63, 3.8) is 0 Å². The first kappa shape index (κ1) is 14.3. The molecular formula is C14H13N3O4S. The minimum absolute atomic E-state index is 0.320. The zero-order chi connectivity index (χ0) is 15.9. The van der Waals surface area contributed by atoms with Crippen molar-refractivity contribution in [2.45, 2.75) is 6.92 Å². The van der Waals surface area contributed by atoms with Crippen molar-refractivity contribution in [3.05, 3.63) is 34.7 Å². The lowest BCUT2D eigenvalue weighted by atomic mass is 10.4. The molecule has 0 unspecified atom stereocenters. The van der Waals surface area contributed by atoms with Gasteiger partial charge in [-0.25, -0.2) is 9.78 Å². The molecule has 0 aromatic carbocycles. The van der Waals surface area contributed by atoms with Crippen LogP contribution in [0, 0.1) is 6.92 Å². The molecule has 0 aliphatic heterocycles. The van der Waals surface area contributed by atoms with Gasteiger partial charge in [-0.2, -0.15) is 0 Å². The Hall–Kier alpha value is -2.61. The number of carbonyl (C=O) groups is 2. The number of furan rings is 1. The molecule has 3 aromatic heterocycles. The van der Waals surface area contributed by atoms with Gasteiger partial charge in [0.1, 0.15) is 10.6 Å². The van der Waals surface area contributed by atoms with Crippen molar-refractivity contribution >= 4 is 39.4 Å². The minimum atomic E-state index is -0.466. The largest absolute Gasteiger partial charge is 0.465 e. The van der Waals surface area contributed by atoms with Crippen LogP contribution in [0.2, 0.25) is 0 Å². The Labute approximate surface area is 129 Å². The van der Waals surface area contributed by atoms with Crippen LogP contribution in [0.25, 0.3) is 11.1 Å². The summed E-state index contributed by atoms with van der Waals surface area (Å²) in [5.41, 5.74) is 2.43. The lowest BCUT2D eigenvalue weighted by Crippen LogP contribution is -2.15. The number of carbonyl (C=O) groups excluding carboxylic acids is 2. The molecule has 0 aliphatic rings. The molecule has 0 saturated heterocycles. The van der Waals surface area contributed by atoms with Crippen molar-refractivity contribution < 1.29 is 18.7 Å². The minimum Gasteiger partial charge on any atom is -0.465 e. The van der Waals surface area contributed by atoms with E-state index < -0.39 is 5.97 Å². The number of hydrogen-bond acceptors (Lipinski definition) is 6. The second-order valence-electron chi connectivity index (χ2n) is 4.64. The number of aromatic nitrogens is 2. The predicted octanol–water partition coefficient (Wildman–Crippen LogP) is 2.58. The molecule has 1 N–H and O–H groups in total. The molecule has 0 atom stereocenters. The molecule has 114 valence electrons. The number of anilines is 1. The van der Waals surface area contributed by atoms with Gasteiger partial charge >= 0.3 is 5.97 Å². The first-order valence-corrected chi connectivity index (χ1v) is 7.23. The number of amides is 1. The van der Waals surface area contributed by atoms with E-state index >= 15 is 0 Å². The SMILES string of the molecule is COC(=O)c1sc(NC(=O)c2cc3occc3n2C)nc1C. The van der Waals surface area contributed by atoms with Crippen LogP contribution >= 0.6 is 11.3 Å². The first-order valence-electron chi connectivity index (χ1n) is 6.41. The molecule has 0 bridgehead atoms. The van der Waals surface area contributed by atoms with Crippen molar-refractivity contribution in [3.8, 4) is 0 Å². The molecule has 0 saturated carbocycles. The molecule has 7 nitrogen and oxygen atoms in total. The van der Waals surface area contributed by atoms with Gasteiger partial charge in [0.2, 0.25) is 0 Å². The Morgan fingerprint density at radius 3 is 2.91 bits per heavy atom. The van der Waals surface area contributed by atoms with Crippen LogP contribution in [0.5, 0.6) is 0 Å². The number of thiazole rings is 1. The molecule has 0 aliphatic carbocycles. The fraction of sp³-hybridized carbons (Fsp3) is 0.214. The summed E-state index contributed by atoms with van der Waals surface area (Å²) in [6.07, 6.45) is 1.57. The molecule has 3 aromatic rings. The van der Waals surface area contributed by atoms with E-state index in [-0.39, 0.29) is 5.91 Å². The Morgan fingerprint density at radius 1 is 1.45 bits per heavy atom. The van der Waals surface area contributed by atoms with Crippen LogP contribution in [-0.2, 0) is 11.8 Å². The molecule has 0 fully saturated rings. The molecule has 22 heavy (non-hydrogen) atoms. The second-order valence-corrected chi connectivity index (χ2v) is 5.64. The van der Waals surface area contributed by atoms with E-state index in [4.69, 9.17) is 4.42 Å². The summed E-state index contributed by atoms with van der Waals surface area (Å²) in [6.45, 7) is 1.69. The van der Waals surface area contributed by atoms with Gasteiger partial charge in [0, 0.05) is 19.2 Å². The quantitative estimate of drug-likeness (QED) is 0.750. The summed E-state index contributed by atoms with van der Waals surface area (Å²) in [5, 5.41) is 3.04. The number of methoxy groups -OCH3 is 1. The standard InChI is InChI=1S/C14H13N3O4S/c1-7-11(13(19)20-3)22-14(15-7)16-12(18)9-6-10-8(17(9)2)4-5-21-10/h4-6H,1-3H3,(H,15,16,18). The maximum Gasteiger partial charge on any atom is 0.350 e. The van der Waals surface area contributed by atoms with Crippen LogP contribution in [0.4, 0.5) is 5.13 Å². The van der Waals surface area contributed by atoms with Crippen LogP contribution in [-0.4, -0.2) is 28.5 Å². The number of fused-ring (bicyclic) bond motifs is 1. The molecule has 0 radical (unpaired) electrons. The highest BCUT2D eigenvalue weighted by molar-refractivity contribution is 7.17. The normalized spacial score (nSPS) is 10.9. The third kappa shape index (κ3) is 2.27. The van der Waals surface area contributed by atoms with Gasteiger partial charge in [0.05, 0.1) is 24.6 Å². The first-order chi connectivity index (χ1) is 10.5. The van der Waals surface area contributed by atoms with Crippen LogP contribution in [0.3, 0.4) is 0 Å². The van der Waals surface area contributed by atoms with Crippen molar-refractivity contribution in [2.24, 2.45) is 7.05 Å². The average molecular weight is 319 g/mol. The number of ether oxygens (including phenoxy) is 1. The van der Waals surface area contributed by atoms with Gasteiger partial charge in [0.15, 0.2) is 10.7 Å². The van der Waals surface area contributed by atoms with E-state index in [1.807, 2.05) is 0 Å². The van der Waals surface area contributed by atoms with Gasteiger partial charge in [0.25, 0.3) is 5.91 Å². The third-order valence-corrected chi connectivity index (χ3v) is 4.34. The van der Waals surface area contributed by atoms with E-state index in [9.17, 15) is 9.59 Å². The molecule has 1 amide bonds. The fourth-order valence-corrected chi connectivity index (χ4v) is 3.04. The Kier molecular flexibility index (Phi) is 3.45. The van der Waals surface area contributed by atoms with Gasteiger partial charge in [-0.05, 0) is 6.92 Å². The second kappa shape index (κ2) is 5.30. The smallest absolute Gasteiger partial charge is 0.350 e. The van der Waals surface area contributed by atoms with Gasteiger partial charge < -0.3 is 13.7 Å². The van der Waals surface area contributed by atoms with E-state index in [2.05, 4.69) is 15.0 Å². The number of esters is 1. The van der Waals surface area contributed by atoms with E-state index in [0.717, 1.165) is 16.9 Å². The summed E-state index contributed by atoms with van der Waals surface area (Å²) in [6, 6.07) is 3.45. The lowest BCUT2D eigenvalue weighted by Gasteiger charge is -2.03. The molecule has 3 heterocycles. The van der Waals surface area contributed by atoms with Gasteiger partial charge in [-0.3, -0.25) is 10.1 Å². The number of aryl methyl sites for hydroxylation is 2. The van der Waals surface area contributed by atoms with Crippen molar-refractivity contribution in [2.75, 3.05) is 12.4 Å². The van der Waals surface area contributed by atoms with E-state index in [0.29, 0.717) is 27.0 Å². The molecule has 8 heteroatoms. The fourth-order valence-electron chi connectivity index (χ4n) is 2.16. The summed E-state index contributed by atoms with van der Waals surface area (Å²) >= 11 is 1.08. The molecule has 0 spiro atoms. The third-order valence-electron chi connectivity index (χ3n) is 3.28. The Morgan fingerprint density at radius 2 is 2.23 bits per heavy atom. The summed E-state index contributed by atoms with van der Waals surface area (Å²) in [5.74, 6) is -0.786. The van der Waals surface area contributed by atoms with Crippen LogP contribution in [0.1, 0.15) is 25.9 Å². The Balaban J connectivity index is 1.86. The number of hydrogen-bond donors (Lipinski definition) is 1. The lowest BCUT2D eigenvalue weighted by molar-refractivity contribution is 0.0605. The maximum absolute atomic E-state index is 12.3. The predicted molar refractivity (Wildman–Crippen MR) is 81.3 cm³/mol. The molecule has 3 rings (SSSR count). The van der Waals surface area contributed by atoms with E-state index in [1.54, 1.807) is 36.9 Å². The van der Waals surface area contributed by atoms with Crippen molar-refractivity contribution in [1.29, 1.82) is 0 Å². The highest BCUT2D eigenvalue weighted by Crippen LogP contribution is 2.25. The zero-order valence-corrected chi connectivity index (χ0v) is 13.0. The summed E-state index contributed by atoms with van der Waals surface area (Å²) in [4.78, 5) is 28.4. The monoisotopic (exact) mass is 319 g/mol. The van der Waals surface area contributed by atoms with Crippen LogP contribution in [0.15, 0.2) is 22.8 Å². The summed E-state index contributed by atoms with van der Waals surface area (Å²) in [7, 11) is 3.08. The van der Waals surface area contributed by atoms with Crippen molar-refractivity contribution in [1.82, 2.24) is 9.55 Å². The zero-order valence-electron chi connectivity index (χ0n) is 12.2. The summed E-state index contributed by atoms with van der Waals surface area (Å²) < 4.78 is 11.7. The Bertz CT molecular complexity index is 874. The molecular weight excluding hydrogens is 306 g/mol. The highest BCUT2D eigenvalue weighted by Gasteiger charge is 2.19. The van der Waals surface area contributed by atoms with Crippen LogP contribution < -0.4 is 5.32 Å². The van der Waals surface area contributed by atoms with Gasteiger partial charge in [-0.15, -0.1) is 0 Å². The number of nitrogens with one attached hydrogen (secondary N) is 1. The van der Waals surface area contributed by atoms with E-state index in [1.165, 1.54) is 7.11 Å². The number of nitrogens with zero attached hydrogens (tertiary/aromatic N) is 2.